The molecule has 0 saturated carbocycles. The van der Waals surface area contributed by atoms with E-state index >= 15 is 0 Å². The van der Waals surface area contributed by atoms with E-state index in [4.69, 9.17) is 0 Å². The van der Waals surface area contributed by atoms with Crippen LogP contribution in [-0.2, 0) is 6.42 Å². The molecule has 0 amide bonds. The molecule has 98 valence electrons. The molecule has 0 aliphatic carbocycles. The molecule has 4 aromatic rings. The minimum atomic E-state index is 1.18. The molecule has 20 heavy (non-hydrogen) atoms. The predicted molar refractivity (Wildman–Crippen MR) is 97.4 cm³/mol. The topological polar surface area (TPSA) is 0 Å². The normalized spacial score (nSPS) is 11.8. The number of alkyl halides is 1. The third kappa shape index (κ3) is 1.80. The molecule has 0 saturated heterocycles. The summed E-state index contributed by atoms with van der Waals surface area (Å²) in [5.74, 6) is 0. The molecule has 4 aromatic carbocycles. The van der Waals surface area contributed by atoms with Gasteiger partial charge in [0.15, 0.2) is 0 Å². The van der Waals surface area contributed by atoms with Gasteiger partial charge in [-0.1, -0.05) is 77.2 Å². The smallest absolute Gasteiger partial charge is 0.000156 e. The average molecular weight is 370 g/mol. The fourth-order valence-electron chi connectivity index (χ4n) is 3.27. The summed E-state index contributed by atoms with van der Waals surface area (Å²) in [6, 6.07) is 20.3. The van der Waals surface area contributed by atoms with Crippen molar-refractivity contribution in [3.05, 3.63) is 60.2 Å². The van der Waals surface area contributed by atoms with Gasteiger partial charge in [0.2, 0.25) is 0 Å². The molecule has 0 aromatic heterocycles. The van der Waals surface area contributed by atoms with Crippen LogP contribution in [0.1, 0.15) is 12.0 Å². The lowest BCUT2D eigenvalue weighted by Gasteiger charge is -2.13. The highest BCUT2D eigenvalue weighted by atomic mass is 127. The van der Waals surface area contributed by atoms with Crippen molar-refractivity contribution in [1.29, 1.82) is 0 Å². The summed E-state index contributed by atoms with van der Waals surface area (Å²) in [5, 5.41) is 8.39. The molecular weight excluding hydrogens is 355 g/mol. The van der Waals surface area contributed by atoms with Crippen molar-refractivity contribution in [2.24, 2.45) is 0 Å². The summed E-state index contributed by atoms with van der Waals surface area (Å²) in [6.45, 7) is 0. The summed E-state index contributed by atoms with van der Waals surface area (Å²) in [7, 11) is 0. The van der Waals surface area contributed by atoms with Crippen molar-refractivity contribution >= 4 is 54.9 Å². The van der Waals surface area contributed by atoms with Gasteiger partial charge in [-0.25, -0.2) is 0 Å². The number of halogens is 1. The van der Waals surface area contributed by atoms with Gasteiger partial charge >= 0.3 is 0 Å². The van der Waals surface area contributed by atoms with Crippen molar-refractivity contribution in [3.8, 4) is 0 Å². The summed E-state index contributed by atoms with van der Waals surface area (Å²) >= 11 is 2.46. The fourth-order valence-corrected chi connectivity index (χ4v) is 3.65. The van der Waals surface area contributed by atoms with E-state index < -0.39 is 0 Å². The van der Waals surface area contributed by atoms with Crippen LogP contribution in [0.4, 0.5) is 0 Å². The van der Waals surface area contributed by atoms with E-state index in [0.717, 1.165) is 0 Å². The largest absolute Gasteiger partial charge is 0.0864 e. The van der Waals surface area contributed by atoms with Crippen LogP contribution < -0.4 is 0 Å². The number of rotatable bonds is 3. The molecule has 0 aliphatic heterocycles. The first-order valence-electron chi connectivity index (χ1n) is 7.10. The van der Waals surface area contributed by atoms with Gasteiger partial charge in [-0.2, -0.15) is 0 Å². The molecule has 0 unspecified atom stereocenters. The number of aryl methyl sites for hydroxylation is 1. The van der Waals surface area contributed by atoms with E-state index in [0.29, 0.717) is 0 Å². The Balaban J connectivity index is 2.14. The van der Waals surface area contributed by atoms with E-state index in [1.165, 1.54) is 55.1 Å². The molecule has 4 rings (SSSR count). The third-order valence-corrected chi connectivity index (χ3v) is 4.96. The van der Waals surface area contributed by atoms with Crippen molar-refractivity contribution in [2.75, 3.05) is 4.43 Å². The van der Waals surface area contributed by atoms with E-state index in [2.05, 4.69) is 77.2 Å². The Hall–Kier alpha value is -1.35. The first-order valence-corrected chi connectivity index (χ1v) is 8.62. The third-order valence-electron chi connectivity index (χ3n) is 4.20. The lowest BCUT2D eigenvalue weighted by molar-refractivity contribution is 0.955. The van der Waals surface area contributed by atoms with Crippen LogP contribution in [0.5, 0.6) is 0 Å². The Morgan fingerprint density at radius 3 is 2.10 bits per heavy atom. The van der Waals surface area contributed by atoms with Crippen LogP contribution in [0.2, 0.25) is 0 Å². The van der Waals surface area contributed by atoms with Crippen LogP contribution in [0.15, 0.2) is 54.6 Å². The molecule has 0 bridgehead atoms. The van der Waals surface area contributed by atoms with Gasteiger partial charge in [-0.3, -0.25) is 0 Å². The standard InChI is InChI=1S/C19H15I/c20-12-2-5-13-6-7-16-9-8-14-3-1-4-15-10-11-17(13)19(16)18(14)15/h1,3-4,6-11H,2,5,12H2. The molecule has 0 radical (unpaired) electrons. The average Bonchev–Trinajstić information content (AvgIpc) is 2.51. The SMILES string of the molecule is ICCCc1ccc2ccc3cccc4ccc1c2c34. The maximum Gasteiger partial charge on any atom is -0.000156 e. The van der Waals surface area contributed by atoms with Crippen LogP contribution in [0.3, 0.4) is 0 Å². The second-order valence-corrected chi connectivity index (χ2v) is 6.45. The lowest BCUT2D eigenvalue weighted by Crippen LogP contribution is -1.91. The van der Waals surface area contributed by atoms with Crippen LogP contribution >= 0.6 is 22.6 Å². The minimum absolute atomic E-state index is 1.18. The van der Waals surface area contributed by atoms with E-state index in [1.807, 2.05) is 0 Å². The summed E-state index contributed by atoms with van der Waals surface area (Å²) in [4.78, 5) is 0. The van der Waals surface area contributed by atoms with Crippen molar-refractivity contribution < 1.29 is 0 Å². The van der Waals surface area contributed by atoms with Gasteiger partial charge in [0, 0.05) is 0 Å². The molecule has 0 spiro atoms. The lowest BCUT2D eigenvalue weighted by atomic mass is 9.91. The number of benzene rings is 4. The molecule has 0 fully saturated rings. The van der Waals surface area contributed by atoms with Gasteiger partial charge in [0.05, 0.1) is 0 Å². The second kappa shape index (κ2) is 4.88. The molecule has 0 atom stereocenters. The monoisotopic (exact) mass is 370 g/mol. The zero-order valence-corrected chi connectivity index (χ0v) is 13.4. The number of hydrogen-bond donors (Lipinski definition) is 0. The highest BCUT2D eigenvalue weighted by Gasteiger charge is 2.10. The van der Waals surface area contributed by atoms with Crippen LogP contribution in [0.25, 0.3) is 32.3 Å². The first-order chi connectivity index (χ1) is 9.88. The fraction of sp³-hybridized carbons (Fsp3) is 0.158. The molecular formula is C19H15I. The Morgan fingerprint density at radius 1 is 0.700 bits per heavy atom. The van der Waals surface area contributed by atoms with Crippen LogP contribution in [0, 0.1) is 0 Å². The summed E-state index contributed by atoms with van der Waals surface area (Å²) in [5.41, 5.74) is 1.49. The van der Waals surface area contributed by atoms with Gasteiger partial charge in [-0.15, -0.1) is 0 Å². The second-order valence-electron chi connectivity index (χ2n) is 5.37. The highest BCUT2D eigenvalue weighted by Crippen LogP contribution is 2.36. The van der Waals surface area contributed by atoms with Gasteiger partial charge in [-0.05, 0) is 55.1 Å². The maximum absolute atomic E-state index is 2.46. The van der Waals surface area contributed by atoms with Crippen molar-refractivity contribution in [3.63, 3.8) is 0 Å². The molecule has 0 heterocycles. The van der Waals surface area contributed by atoms with Gasteiger partial charge in [0.25, 0.3) is 0 Å². The first kappa shape index (κ1) is 12.4. The Bertz CT molecular complexity index is 876. The molecule has 0 nitrogen and oxygen atoms in total. The van der Waals surface area contributed by atoms with Crippen molar-refractivity contribution in [2.45, 2.75) is 12.8 Å². The zero-order valence-electron chi connectivity index (χ0n) is 11.2. The Morgan fingerprint density at radius 2 is 1.35 bits per heavy atom. The van der Waals surface area contributed by atoms with E-state index in [9.17, 15) is 0 Å². The van der Waals surface area contributed by atoms with Crippen molar-refractivity contribution in [1.82, 2.24) is 0 Å². The summed E-state index contributed by atoms with van der Waals surface area (Å²) < 4.78 is 1.22. The predicted octanol–water partition coefficient (Wildman–Crippen LogP) is 5.95. The number of hydrogen-bond acceptors (Lipinski definition) is 0. The van der Waals surface area contributed by atoms with Gasteiger partial charge in [0.1, 0.15) is 0 Å². The Labute approximate surface area is 132 Å². The summed E-state index contributed by atoms with van der Waals surface area (Å²) in [6.07, 6.45) is 2.43. The van der Waals surface area contributed by atoms with E-state index in [-0.39, 0.29) is 0 Å². The zero-order chi connectivity index (χ0) is 13.5. The minimum Gasteiger partial charge on any atom is -0.0864 e. The highest BCUT2D eigenvalue weighted by molar-refractivity contribution is 14.1. The molecule has 1 heteroatoms. The Kier molecular flexibility index (Phi) is 3.03. The maximum atomic E-state index is 2.46. The quantitative estimate of drug-likeness (QED) is 0.237. The van der Waals surface area contributed by atoms with E-state index in [1.54, 1.807) is 0 Å². The molecule has 0 N–H and O–H groups in total. The van der Waals surface area contributed by atoms with Crippen LogP contribution in [-0.4, -0.2) is 4.43 Å². The van der Waals surface area contributed by atoms with Gasteiger partial charge < -0.3 is 0 Å². The molecule has 0 aliphatic rings.